The number of hydrogen-bond donors (Lipinski definition) is 2. The van der Waals surface area contributed by atoms with Crippen molar-refractivity contribution >= 4 is 11.7 Å². The number of amides is 1. The molecule has 5 nitrogen and oxygen atoms in total. The first-order valence-electron chi connectivity index (χ1n) is 7.86. The average molecular weight is 291 g/mol. The van der Waals surface area contributed by atoms with Gasteiger partial charge in [-0.15, -0.1) is 0 Å². The molecule has 1 fully saturated rings. The Morgan fingerprint density at radius 2 is 2.24 bits per heavy atom. The maximum Gasteiger partial charge on any atom is 0.254 e. The lowest BCUT2D eigenvalue weighted by molar-refractivity contribution is 0.0503. The summed E-state index contributed by atoms with van der Waals surface area (Å²) in [4.78, 5) is 19.0. The second-order valence-electron chi connectivity index (χ2n) is 5.45. The van der Waals surface area contributed by atoms with Gasteiger partial charge in [-0.1, -0.05) is 6.92 Å². The Kier molecular flexibility index (Phi) is 5.56. The second kappa shape index (κ2) is 7.41. The van der Waals surface area contributed by atoms with E-state index in [1.165, 1.54) is 0 Å². The Morgan fingerprint density at radius 3 is 2.90 bits per heavy atom. The third-order valence-corrected chi connectivity index (χ3v) is 3.94. The quantitative estimate of drug-likeness (QED) is 0.871. The third-order valence-electron chi connectivity index (χ3n) is 3.94. The van der Waals surface area contributed by atoms with Crippen molar-refractivity contribution in [2.45, 2.75) is 45.6 Å². The zero-order chi connectivity index (χ0) is 15.2. The number of aromatic nitrogens is 1. The number of carbonyl (C=O) groups is 1. The predicted octanol–water partition coefficient (Wildman–Crippen LogP) is 2.06. The Balaban J connectivity index is 2.26. The van der Waals surface area contributed by atoms with E-state index in [2.05, 4.69) is 10.3 Å². The minimum Gasteiger partial charge on any atom is -0.394 e. The molecule has 2 rings (SSSR count). The van der Waals surface area contributed by atoms with Gasteiger partial charge in [0, 0.05) is 24.3 Å². The Morgan fingerprint density at radius 1 is 1.43 bits per heavy atom. The zero-order valence-electron chi connectivity index (χ0n) is 12.9. The van der Waals surface area contributed by atoms with Crippen molar-refractivity contribution in [3.8, 4) is 0 Å². The third kappa shape index (κ3) is 3.73. The van der Waals surface area contributed by atoms with Crippen molar-refractivity contribution in [2.75, 3.05) is 25.0 Å². The highest BCUT2D eigenvalue weighted by Gasteiger charge is 2.27. The summed E-state index contributed by atoms with van der Waals surface area (Å²) in [6.45, 7) is 5.58. The number of carbonyl (C=O) groups excluding carboxylic acids is 1. The van der Waals surface area contributed by atoms with Crippen LogP contribution in [0.15, 0.2) is 12.1 Å². The number of pyridine rings is 1. The summed E-state index contributed by atoms with van der Waals surface area (Å²) in [5.74, 6) is 0.753. The van der Waals surface area contributed by atoms with E-state index >= 15 is 0 Å². The number of piperidine rings is 1. The van der Waals surface area contributed by atoms with E-state index in [9.17, 15) is 9.90 Å². The number of nitrogens with one attached hydrogen (secondary N) is 1. The van der Waals surface area contributed by atoms with Crippen molar-refractivity contribution in [2.24, 2.45) is 0 Å². The first-order chi connectivity index (χ1) is 10.2. The summed E-state index contributed by atoms with van der Waals surface area (Å²) < 4.78 is 0. The van der Waals surface area contributed by atoms with Crippen LogP contribution in [0.4, 0.5) is 5.82 Å². The molecule has 0 spiro atoms. The van der Waals surface area contributed by atoms with Crippen LogP contribution in [0.1, 0.15) is 49.2 Å². The van der Waals surface area contributed by atoms with Crippen molar-refractivity contribution in [1.29, 1.82) is 0 Å². The predicted molar refractivity (Wildman–Crippen MR) is 83.5 cm³/mol. The normalized spacial score (nSPS) is 18.6. The highest BCUT2D eigenvalue weighted by atomic mass is 16.3. The van der Waals surface area contributed by atoms with Gasteiger partial charge < -0.3 is 15.3 Å². The van der Waals surface area contributed by atoms with E-state index in [1.54, 1.807) is 0 Å². The summed E-state index contributed by atoms with van der Waals surface area (Å²) in [5.41, 5.74) is 1.58. The molecule has 21 heavy (non-hydrogen) atoms. The number of likely N-dealkylation sites (tertiary alicyclic amines) is 1. The lowest BCUT2D eigenvalue weighted by atomic mass is 10.0. The van der Waals surface area contributed by atoms with Crippen LogP contribution in [0.2, 0.25) is 0 Å². The number of aliphatic hydroxyl groups is 1. The van der Waals surface area contributed by atoms with Gasteiger partial charge in [0.2, 0.25) is 0 Å². The van der Waals surface area contributed by atoms with Gasteiger partial charge in [0.15, 0.2) is 0 Å². The largest absolute Gasteiger partial charge is 0.394 e. The van der Waals surface area contributed by atoms with Crippen LogP contribution in [-0.2, 0) is 6.42 Å². The van der Waals surface area contributed by atoms with Crippen LogP contribution in [0.5, 0.6) is 0 Å². The molecule has 1 aromatic heterocycles. The first-order valence-corrected chi connectivity index (χ1v) is 7.86. The Labute approximate surface area is 126 Å². The van der Waals surface area contributed by atoms with Gasteiger partial charge in [-0.3, -0.25) is 4.79 Å². The number of nitrogens with zero attached hydrogens (tertiary/aromatic N) is 2. The molecule has 1 amide bonds. The number of anilines is 1. The van der Waals surface area contributed by atoms with Gasteiger partial charge in [-0.25, -0.2) is 4.98 Å². The molecule has 2 N–H and O–H groups in total. The molecule has 5 heteroatoms. The molecule has 0 aliphatic carbocycles. The van der Waals surface area contributed by atoms with Crippen LogP contribution in [-0.4, -0.2) is 46.6 Å². The van der Waals surface area contributed by atoms with Gasteiger partial charge in [-0.05, 0) is 44.7 Å². The minimum absolute atomic E-state index is 0.00463. The van der Waals surface area contributed by atoms with Gasteiger partial charge in [-0.2, -0.15) is 0 Å². The van der Waals surface area contributed by atoms with E-state index in [4.69, 9.17) is 0 Å². The smallest absolute Gasteiger partial charge is 0.254 e. The zero-order valence-corrected chi connectivity index (χ0v) is 12.9. The molecule has 0 aromatic carbocycles. The van der Waals surface area contributed by atoms with Gasteiger partial charge in [0.1, 0.15) is 5.82 Å². The SMILES string of the molecule is CCNc1cc(C(=O)N2CCCCC2CO)cc(CC)n1. The number of aryl methyl sites for hydroxylation is 1. The number of rotatable bonds is 5. The summed E-state index contributed by atoms with van der Waals surface area (Å²) in [6, 6.07) is 3.63. The highest BCUT2D eigenvalue weighted by molar-refractivity contribution is 5.95. The van der Waals surface area contributed by atoms with Gasteiger partial charge >= 0.3 is 0 Å². The summed E-state index contributed by atoms with van der Waals surface area (Å²) in [5, 5.41) is 12.7. The monoisotopic (exact) mass is 291 g/mol. The van der Waals surface area contributed by atoms with Crippen LogP contribution in [0, 0.1) is 0 Å². The molecule has 1 aromatic rings. The highest BCUT2D eigenvalue weighted by Crippen LogP contribution is 2.21. The fraction of sp³-hybridized carbons (Fsp3) is 0.625. The molecular weight excluding hydrogens is 266 g/mol. The maximum atomic E-state index is 12.8. The fourth-order valence-electron chi connectivity index (χ4n) is 2.79. The Bertz CT molecular complexity index is 490. The molecular formula is C16H25N3O2. The van der Waals surface area contributed by atoms with Gasteiger partial charge in [0.05, 0.1) is 12.6 Å². The lowest BCUT2D eigenvalue weighted by Crippen LogP contribution is -2.45. The first kappa shape index (κ1) is 15.8. The van der Waals surface area contributed by atoms with E-state index in [0.29, 0.717) is 5.56 Å². The van der Waals surface area contributed by atoms with Crippen LogP contribution >= 0.6 is 0 Å². The van der Waals surface area contributed by atoms with Gasteiger partial charge in [0.25, 0.3) is 5.91 Å². The fourth-order valence-corrected chi connectivity index (χ4v) is 2.79. The summed E-state index contributed by atoms with van der Waals surface area (Å²) in [6.07, 6.45) is 3.76. The molecule has 0 bridgehead atoms. The van der Waals surface area contributed by atoms with Crippen LogP contribution in [0.25, 0.3) is 0 Å². The van der Waals surface area contributed by atoms with Crippen LogP contribution < -0.4 is 5.32 Å². The maximum absolute atomic E-state index is 12.8. The van der Waals surface area contributed by atoms with Crippen LogP contribution in [0.3, 0.4) is 0 Å². The molecule has 1 atom stereocenters. The molecule has 1 aliphatic heterocycles. The molecule has 1 aliphatic rings. The minimum atomic E-state index is -0.0490. The molecule has 116 valence electrons. The van der Waals surface area contributed by atoms with Crippen molar-refractivity contribution in [1.82, 2.24) is 9.88 Å². The van der Waals surface area contributed by atoms with E-state index < -0.39 is 0 Å². The summed E-state index contributed by atoms with van der Waals surface area (Å²) in [7, 11) is 0. The molecule has 0 radical (unpaired) electrons. The molecule has 1 unspecified atom stereocenters. The molecule has 1 saturated heterocycles. The Hall–Kier alpha value is -1.62. The molecule has 0 saturated carbocycles. The van der Waals surface area contributed by atoms with Crippen molar-refractivity contribution < 1.29 is 9.90 Å². The second-order valence-corrected chi connectivity index (χ2v) is 5.45. The topological polar surface area (TPSA) is 65.5 Å². The standard InChI is InChI=1S/C16H25N3O2/c1-3-13-9-12(10-15(18-13)17-4-2)16(21)19-8-6-5-7-14(19)11-20/h9-10,14,20H,3-8,11H2,1-2H3,(H,17,18). The van der Waals surface area contributed by atoms with Crippen molar-refractivity contribution in [3.63, 3.8) is 0 Å². The average Bonchev–Trinajstić information content (AvgIpc) is 2.54. The number of aliphatic hydroxyl groups excluding tert-OH is 1. The lowest BCUT2D eigenvalue weighted by Gasteiger charge is -2.34. The summed E-state index contributed by atoms with van der Waals surface area (Å²) >= 11 is 0. The van der Waals surface area contributed by atoms with Crippen molar-refractivity contribution in [3.05, 3.63) is 23.4 Å². The van der Waals surface area contributed by atoms with E-state index in [1.807, 2.05) is 30.9 Å². The van der Waals surface area contributed by atoms with E-state index in [-0.39, 0.29) is 18.6 Å². The number of hydrogen-bond acceptors (Lipinski definition) is 4. The van der Waals surface area contributed by atoms with E-state index in [0.717, 1.165) is 50.3 Å². The molecule has 2 heterocycles.